The maximum absolute atomic E-state index is 5.97. The largest absolute Gasteiger partial charge is 0.365 e. The third-order valence-electron chi connectivity index (χ3n) is 4.42. The molecule has 1 aromatic carbocycles. The first-order valence-corrected chi connectivity index (χ1v) is 8.83. The van der Waals surface area contributed by atoms with Gasteiger partial charge >= 0.3 is 0 Å². The molecule has 0 amide bonds. The molecule has 8 heteroatoms. The highest BCUT2D eigenvalue weighted by Gasteiger charge is 2.24. The first kappa shape index (κ1) is 16.2. The van der Waals surface area contributed by atoms with Crippen molar-refractivity contribution in [3.8, 4) is 23.1 Å². The fraction of sp³-hybridized carbons (Fsp3) is 0.158. The number of ether oxygens (including phenoxy) is 1. The molecule has 0 fully saturated rings. The van der Waals surface area contributed by atoms with Gasteiger partial charge in [0, 0.05) is 11.2 Å². The normalized spacial score (nSPS) is 16.3. The number of aromatic nitrogens is 5. The highest BCUT2D eigenvalue weighted by atomic mass is 35.5. The number of rotatable bonds is 3. The van der Waals surface area contributed by atoms with Gasteiger partial charge in [-0.2, -0.15) is 10.1 Å². The number of fused-ring (bicyclic) bond motifs is 1. The molecular weight excluding hydrogens is 366 g/mol. The standard InChI is InChI=1S/C19H14ClN5O2/c20-13-6-4-12(5-7-13)17-10-25-14(11-26-17)9-16(23-25)19-22-18(24-27-19)15-3-1-2-8-21-15/h1-9,17H,10-11H2/t17-/m0/s1. The Labute approximate surface area is 159 Å². The van der Waals surface area contributed by atoms with Crippen LogP contribution in [0.15, 0.2) is 59.3 Å². The van der Waals surface area contributed by atoms with Crippen molar-refractivity contribution in [1.29, 1.82) is 0 Å². The minimum Gasteiger partial charge on any atom is -0.365 e. The van der Waals surface area contributed by atoms with E-state index in [-0.39, 0.29) is 6.10 Å². The SMILES string of the molecule is Clc1ccc([C@@H]2Cn3nc(-c4nc(-c5ccccn5)no4)cc3CO2)cc1. The zero-order valence-electron chi connectivity index (χ0n) is 14.1. The third-order valence-corrected chi connectivity index (χ3v) is 4.67. The van der Waals surface area contributed by atoms with Gasteiger partial charge in [0.1, 0.15) is 11.8 Å². The Morgan fingerprint density at radius 1 is 1.07 bits per heavy atom. The third kappa shape index (κ3) is 3.11. The Hall–Kier alpha value is -3.03. The van der Waals surface area contributed by atoms with Crippen LogP contribution in [0.5, 0.6) is 0 Å². The molecule has 4 heterocycles. The van der Waals surface area contributed by atoms with Gasteiger partial charge in [0.2, 0.25) is 5.82 Å². The molecule has 1 aliphatic heterocycles. The van der Waals surface area contributed by atoms with Crippen molar-refractivity contribution in [3.63, 3.8) is 0 Å². The highest BCUT2D eigenvalue weighted by molar-refractivity contribution is 6.30. The van der Waals surface area contributed by atoms with Crippen LogP contribution in [0.3, 0.4) is 0 Å². The summed E-state index contributed by atoms with van der Waals surface area (Å²) in [5, 5.41) is 9.32. The van der Waals surface area contributed by atoms with E-state index in [0.29, 0.717) is 41.3 Å². The molecule has 0 spiro atoms. The number of halogens is 1. The first-order valence-electron chi connectivity index (χ1n) is 8.45. The zero-order valence-corrected chi connectivity index (χ0v) is 14.9. The van der Waals surface area contributed by atoms with E-state index in [1.807, 2.05) is 53.2 Å². The Morgan fingerprint density at radius 2 is 1.96 bits per heavy atom. The van der Waals surface area contributed by atoms with Gasteiger partial charge in [-0.15, -0.1) is 0 Å². The molecule has 0 saturated heterocycles. The molecule has 3 aromatic heterocycles. The number of hydrogen-bond donors (Lipinski definition) is 0. The van der Waals surface area contributed by atoms with Crippen LogP contribution < -0.4 is 0 Å². The predicted molar refractivity (Wildman–Crippen MR) is 97.7 cm³/mol. The smallest absolute Gasteiger partial charge is 0.278 e. The van der Waals surface area contributed by atoms with Crippen molar-refractivity contribution in [1.82, 2.24) is 24.9 Å². The van der Waals surface area contributed by atoms with E-state index in [9.17, 15) is 0 Å². The molecule has 0 N–H and O–H groups in total. The summed E-state index contributed by atoms with van der Waals surface area (Å²) in [4.78, 5) is 8.64. The van der Waals surface area contributed by atoms with Gasteiger partial charge in [-0.05, 0) is 35.9 Å². The second-order valence-electron chi connectivity index (χ2n) is 6.19. The van der Waals surface area contributed by atoms with E-state index >= 15 is 0 Å². The summed E-state index contributed by atoms with van der Waals surface area (Å²) in [6.45, 7) is 1.07. The van der Waals surface area contributed by atoms with Gasteiger partial charge in [-0.1, -0.05) is 35.0 Å². The van der Waals surface area contributed by atoms with Crippen LogP contribution in [0.25, 0.3) is 23.1 Å². The Balaban J connectivity index is 1.40. The summed E-state index contributed by atoms with van der Waals surface area (Å²) >= 11 is 5.96. The number of benzene rings is 1. The van der Waals surface area contributed by atoms with Gasteiger partial charge in [-0.3, -0.25) is 9.67 Å². The lowest BCUT2D eigenvalue weighted by atomic mass is 10.1. The Kier molecular flexibility index (Phi) is 3.95. The predicted octanol–water partition coefficient (Wildman–Crippen LogP) is 3.92. The van der Waals surface area contributed by atoms with Gasteiger partial charge in [-0.25, -0.2) is 0 Å². The van der Waals surface area contributed by atoms with E-state index in [1.165, 1.54) is 0 Å². The van der Waals surface area contributed by atoms with E-state index in [1.54, 1.807) is 6.20 Å². The molecule has 0 saturated carbocycles. The lowest BCUT2D eigenvalue weighted by Gasteiger charge is -2.24. The van der Waals surface area contributed by atoms with E-state index < -0.39 is 0 Å². The molecule has 0 aliphatic carbocycles. The van der Waals surface area contributed by atoms with Crippen LogP contribution in [0.2, 0.25) is 5.02 Å². The van der Waals surface area contributed by atoms with E-state index in [2.05, 4.69) is 20.2 Å². The fourth-order valence-electron chi connectivity index (χ4n) is 3.04. The van der Waals surface area contributed by atoms with Crippen molar-refractivity contribution >= 4 is 11.6 Å². The van der Waals surface area contributed by atoms with Crippen molar-refractivity contribution in [2.75, 3.05) is 0 Å². The summed E-state index contributed by atoms with van der Waals surface area (Å²) in [6.07, 6.45) is 1.61. The van der Waals surface area contributed by atoms with Crippen LogP contribution in [0, 0.1) is 0 Å². The summed E-state index contributed by atoms with van der Waals surface area (Å²) in [6, 6.07) is 15.1. The van der Waals surface area contributed by atoms with Crippen molar-refractivity contribution in [2.45, 2.75) is 19.3 Å². The summed E-state index contributed by atoms with van der Waals surface area (Å²) in [5.74, 6) is 0.799. The van der Waals surface area contributed by atoms with Crippen LogP contribution in [0.4, 0.5) is 0 Å². The number of hydrogen-bond acceptors (Lipinski definition) is 6. The average Bonchev–Trinajstić information content (AvgIpc) is 3.36. The lowest BCUT2D eigenvalue weighted by Crippen LogP contribution is -2.21. The minimum atomic E-state index is -0.0747. The maximum atomic E-state index is 5.97. The van der Waals surface area contributed by atoms with Crippen molar-refractivity contribution in [3.05, 3.63) is 71.0 Å². The summed E-state index contributed by atoms with van der Waals surface area (Å²) < 4.78 is 13.3. The van der Waals surface area contributed by atoms with Crippen LogP contribution in [-0.2, 0) is 17.9 Å². The quantitative estimate of drug-likeness (QED) is 0.536. The van der Waals surface area contributed by atoms with Crippen molar-refractivity contribution < 1.29 is 9.26 Å². The molecule has 5 rings (SSSR count). The second-order valence-corrected chi connectivity index (χ2v) is 6.63. The van der Waals surface area contributed by atoms with Gasteiger partial charge in [0.25, 0.3) is 5.89 Å². The average molecular weight is 380 g/mol. The number of nitrogens with zero attached hydrogens (tertiary/aromatic N) is 5. The highest BCUT2D eigenvalue weighted by Crippen LogP contribution is 2.29. The Bertz CT molecular complexity index is 1080. The van der Waals surface area contributed by atoms with Crippen LogP contribution >= 0.6 is 11.6 Å². The molecule has 134 valence electrons. The van der Waals surface area contributed by atoms with Crippen LogP contribution in [-0.4, -0.2) is 24.9 Å². The topological polar surface area (TPSA) is 78.9 Å². The molecular formula is C19H14ClN5O2. The van der Waals surface area contributed by atoms with Crippen LogP contribution in [0.1, 0.15) is 17.4 Å². The second kappa shape index (κ2) is 6.61. The first-order chi connectivity index (χ1) is 13.3. The van der Waals surface area contributed by atoms with E-state index in [0.717, 1.165) is 11.3 Å². The Morgan fingerprint density at radius 3 is 2.78 bits per heavy atom. The summed E-state index contributed by atoms with van der Waals surface area (Å²) in [7, 11) is 0. The van der Waals surface area contributed by atoms with Gasteiger partial charge in [0.05, 0.1) is 18.8 Å². The molecule has 0 unspecified atom stereocenters. The molecule has 4 aromatic rings. The molecule has 1 aliphatic rings. The minimum absolute atomic E-state index is 0.0747. The van der Waals surface area contributed by atoms with Gasteiger partial charge in [0.15, 0.2) is 5.69 Å². The molecule has 0 bridgehead atoms. The molecule has 27 heavy (non-hydrogen) atoms. The van der Waals surface area contributed by atoms with E-state index in [4.69, 9.17) is 20.9 Å². The maximum Gasteiger partial charge on any atom is 0.278 e. The lowest BCUT2D eigenvalue weighted by molar-refractivity contribution is -0.00112. The van der Waals surface area contributed by atoms with Gasteiger partial charge < -0.3 is 9.26 Å². The molecule has 0 radical (unpaired) electrons. The fourth-order valence-corrected chi connectivity index (χ4v) is 3.16. The molecule has 7 nitrogen and oxygen atoms in total. The van der Waals surface area contributed by atoms with Crippen molar-refractivity contribution in [2.24, 2.45) is 0 Å². The number of pyridine rings is 1. The molecule has 1 atom stereocenters. The summed E-state index contributed by atoms with van der Waals surface area (Å²) in [5.41, 5.74) is 3.31. The monoisotopic (exact) mass is 379 g/mol. The zero-order chi connectivity index (χ0) is 18.2.